The van der Waals surface area contributed by atoms with E-state index in [1.165, 1.54) is 10.9 Å². The van der Waals surface area contributed by atoms with Crippen LogP contribution in [-0.2, 0) is 7.05 Å². The molecular weight excluding hydrogens is 258 g/mol. The first-order valence-corrected chi connectivity index (χ1v) is 6.99. The largest absolute Gasteiger partial charge is 0.344 e. The summed E-state index contributed by atoms with van der Waals surface area (Å²) < 4.78 is 2.09. The number of benzene rings is 2. The lowest BCUT2D eigenvalue weighted by atomic mass is 10.1. The van der Waals surface area contributed by atoms with Crippen molar-refractivity contribution >= 4 is 22.8 Å². The Balaban J connectivity index is 1.89. The summed E-state index contributed by atoms with van der Waals surface area (Å²) in [5, 5.41) is 1.18. The smallest absolute Gasteiger partial charge is 0.185 e. The number of allylic oxidation sites excluding steroid dienone is 1. The molecule has 0 saturated heterocycles. The zero-order valence-electron chi connectivity index (χ0n) is 12.2. The first-order valence-electron chi connectivity index (χ1n) is 6.99. The van der Waals surface area contributed by atoms with Gasteiger partial charge < -0.3 is 4.57 Å². The number of carbonyl (C=O) groups excluding carboxylic acids is 1. The number of para-hydroxylation sites is 1. The van der Waals surface area contributed by atoms with Crippen molar-refractivity contribution in [2.45, 2.75) is 6.92 Å². The third kappa shape index (κ3) is 2.65. The number of ketones is 1. The first kappa shape index (κ1) is 13.4. The molecule has 0 atom stereocenters. The van der Waals surface area contributed by atoms with E-state index in [0.717, 1.165) is 16.8 Å². The highest BCUT2D eigenvalue weighted by Crippen LogP contribution is 2.19. The molecule has 104 valence electrons. The van der Waals surface area contributed by atoms with Crippen LogP contribution in [0.4, 0.5) is 0 Å². The molecule has 3 rings (SSSR count). The number of hydrogen-bond donors (Lipinski definition) is 0. The molecule has 0 saturated carbocycles. The molecule has 21 heavy (non-hydrogen) atoms. The average molecular weight is 275 g/mol. The molecular formula is C19H17NO. The zero-order valence-corrected chi connectivity index (χ0v) is 12.2. The zero-order chi connectivity index (χ0) is 14.8. The van der Waals surface area contributed by atoms with Crippen LogP contribution < -0.4 is 0 Å². The van der Waals surface area contributed by atoms with Gasteiger partial charge in [0.2, 0.25) is 0 Å². The molecule has 2 heteroatoms. The lowest BCUT2D eigenvalue weighted by molar-refractivity contribution is 0.104. The molecule has 0 fully saturated rings. The van der Waals surface area contributed by atoms with Crippen LogP contribution in [0.15, 0.2) is 60.7 Å². The van der Waals surface area contributed by atoms with Gasteiger partial charge in [-0.15, -0.1) is 0 Å². The number of rotatable bonds is 3. The normalized spacial score (nSPS) is 11.3. The van der Waals surface area contributed by atoms with Gasteiger partial charge in [0.05, 0.1) is 0 Å². The van der Waals surface area contributed by atoms with Gasteiger partial charge in [-0.3, -0.25) is 4.79 Å². The van der Waals surface area contributed by atoms with Crippen LogP contribution >= 0.6 is 0 Å². The fourth-order valence-electron chi connectivity index (χ4n) is 2.45. The molecule has 0 aliphatic rings. The van der Waals surface area contributed by atoms with Crippen LogP contribution in [-0.4, -0.2) is 10.4 Å². The molecule has 0 aliphatic heterocycles. The standard InChI is InChI=1S/C19H17NO/c1-14-7-9-15(10-8-14)19(21)12-11-17-13-16-5-3-4-6-18(16)20(17)2/h3-13H,1-2H3/b12-11+. The van der Waals surface area contributed by atoms with Gasteiger partial charge in [0.1, 0.15) is 0 Å². The van der Waals surface area contributed by atoms with E-state index in [1.54, 1.807) is 6.08 Å². The molecule has 0 unspecified atom stereocenters. The highest BCUT2D eigenvalue weighted by molar-refractivity contribution is 6.07. The van der Waals surface area contributed by atoms with E-state index < -0.39 is 0 Å². The Labute approximate surface area is 124 Å². The maximum atomic E-state index is 12.2. The molecule has 0 aliphatic carbocycles. The Morgan fingerprint density at radius 1 is 1.05 bits per heavy atom. The fourth-order valence-corrected chi connectivity index (χ4v) is 2.45. The van der Waals surface area contributed by atoms with Crippen molar-refractivity contribution in [2.24, 2.45) is 7.05 Å². The van der Waals surface area contributed by atoms with Crippen molar-refractivity contribution in [3.8, 4) is 0 Å². The third-order valence-corrected chi connectivity index (χ3v) is 3.73. The van der Waals surface area contributed by atoms with Crippen LogP contribution in [0.5, 0.6) is 0 Å². The highest BCUT2D eigenvalue weighted by Gasteiger charge is 2.04. The lowest BCUT2D eigenvalue weighted by Crippen LogP contribution is -1.95. The van der Waals surface area contributed by atoms with Crippen molar-refractivity contribution in [2.75, 3.05) is 0 Å². The molecule has 1 aromatic heterocycles. The summed E-state index contributed by atoms with van der Waals surface area (Å²) in [7, 11) is 2.01. The first-order chi connectivity index (χ1) is 10.1. The Hall–Kier alpha value is -2.61. The minimum atomic E-state index is 0.0280. The number of nitrogens with zero attached hydrogens (tertiary/aromatic N) is 1. The predicted octanol–water partition coefficient (Wildman–Crippen LogP) is 4.38. The minimum Gasteiger partial charge on any atom is -0.344 e. The molecule has 0 radical (unpaired) electrons. The van der Waals surface area contributed by atoms with Crippen molar-refractivity contribution < 1.29 is 4.79 Å². The van der Waals surface area contributed by atoms with E-state index in [-0.39, 0.29) is 5.78 Å². The molecule has 0 N–H and O–H groups in total. The van der Waals surface area contributed by atoms with Gasteiger partial charge >= 0.3 is 0 Å². The summed E-state index contributed by atoms with van der Waals surface area (Å²) in [5.74, 6) is 0.0280. The molecule has 2 nitrogen and oxygen atoms in total. The van der Waals surface area contributed by atoms with Crippen LogP contribution in [0.2, 0.25) is 0 Å². The van der Waals surface area contributed by atoms with Crippen LogP contribution in [0.25, 0.3) is 17.0 Å². The number of aromatic nitrogens is 1. The summed E-state index contributed by atoms with van der Waals surface area (Å²) in [6, 6.07) is 17.9. The van der Waals surface area contributed by atoms with Gasteiger partial charge in [-0.1, -0.05) is 48.0 Å². The van der Waals surface area contributed by atoms with Crippen LogP contribution in [0, 0.1) is 6.92 Å². The second-order valence-corrected chi connectivity index (χ2v) is 5.25. The van der Waals surface area contributed by atoms with Crippen molar-refractivity contribution in [3.63, 3.8) is 0 Å². The summed E-state index contributed by atoms with van der Waals surface area (Å²) in [5.41, 5.74) is 4.07. The van der Waals surface area contributed by atoms with Crippen molar-refractivity contribution in [1.29, 1.82) is 0 Å². The van der Waals surface area contributed by atoms with Crippen LogP contribution in [0.1, 0.15) is 21.6 Å². The van der Waals surface area contributed by atoms with Crippen molar-refractivity contribution in [3.05, 3.63) is 77.5 Å². The van der Waals surface area contributed by atoms with Gasteiger partial charge in [0.25, 0.3) is 0 Å². The van der Waals surface area contributed by atoms with E-state index in [2.05, 4.69) is 22.8 Å². The second-order valence-electron chi connectivity index (χ2n) is 5.25. The van der Waals surface area contributed by atoms with Gasteiger partial charge in [0, 0.05) is 29.2 Å². The SMILES string of the molecule is Cc1ccc(C(=O)/C=C/c2cc3ccccc3n2C)cc1. The Morgan fingerprint density at radius 2 is 1.76 bits per heavy atom. The molecule has 3 aromatic rings. The molecule has 0 amide bonds. The van der Waals surface area contributed by atoms with E-state index in [1.807, 2.05) is 56.4 Å². The fraction of sp³-hybridized carbons (Fsp3) is 0.105. The summed E-state index contributed by atoms with van der Waals surface area (Å²) in [6.45, 7) is 2.01. The van der Waals surface area contributed by atoms with E-state index in [0.29, 0.717) is 0 Å². The second kappa shape index (κ2) is 5.41. The van der Waals surface area contributed by atoms with E-state index >= 15 is 0 Å². The lowest BCUT2D eigenvalue weighted by Gasteiger charge is -1.99. The Bertz CT molecular complexity index is 822. The molecule has 1 heterocycles. The third-order valence-electron chi connectivity index (χ3n) is 3.73. The quantitative estimate of drug-likeness (QED) is 0.513. The molecule has 0 spiro atoms. The molecule has 0 bridgehead atoms. The monoisotopic (exact) mass is 275 g/mol. The maximum absolute atomic E-state index is 12.2. The predicted molar refractivity (Wildman–Crippen MR) is 87.5 cm³/mol. The molecule has 2 aromatic carbocycles. The number of aryl methyl sites for hydroxylation is 2. The number of fused-ring (bicyclic) bond motifs is 1. The highest BCUT2D eigenvalue weighted by atomic mass is 16.1. The minimum absolute atomic E-state index is 0.0280. The summed E-state index contributed by atoms with van der Waals surface area (Å²) in [4.78, 5) is 12.2. The van der Waals surface area contributed by atoms with Gasteiger partial charge in [0.15, 0.2) is 5.78 Å². The van der Waals surface area contributed by atoms with Crippen molar-refractivity contribution in [1.82, 2.24) is 4.57 Å². The Kier molecular flexibility index (Phi) is 3.44. The Morgan fingerprint density at radius 3 is 2.48 bits per heavy atom. The summed E-state index contributed by atoms with van der Waals surface area (Å²) in [6.07, 6.45) is 3.51. The van der Waals surface area contributed by atoms with Crippen LogP contribution in [0.3, 0.4) is 0 Å². The van der Waals surface area contributed by atoms with E-state index in [4.69, 9.17) is 0 Å². The topological polar surface area (TPSA) is 22.0 Å². The number of carbonyl (C=O) groups is 1. The van der Waals surface area contributed by atoms with Gasteiger partial charge in [-0.25, -0.2) is 0 Å². The maximum Gasteiger partial charge on any atom is 0.185 e. The average Bonchev–Trinajstić information content (AvgIpc) is 2.82. The van der Waals surface area contributed by atoms with Gasteiger partial charge in [-0.2, -0.15) is 0 Å². The van der Waals surface area contributed by atoms with E-state index in [9.17, 15) is 4.79 Å². The van der Waals surface area contributed by atoms with Gasteiger partial charge in [-0.05, 0) is 31.2 Å². The summed E-state index contributed by atoms with van der Waals surface area (Å²) >= 11 is 0. The number of hydrogen-bond acceptors (Lipinski definition) is 1.